The third kappa shape index (κ3) is 2.11. The molecule has 0 aromatic heterocycles. The summed E-state index contributed by atoms with van der Waals surface area (Å²) in [6, 6.07) is 0. The van der Waals surface area contributed by atoms with E-state index in [4.69, 9.17) is 18.9 Å². The Hall–Kier alpha value is -1.18. The number of hydrogen-bond donors (Lipinski definition) is 1. The van der Waals surface area contributed by atoms with Crippen LogP contribution in [0.1, 0.15) is 47.0 Å². The minimum atomic E-state index is -0.957. The van der Waals surface area contributed by atoms with Crippen LogP contribution in [0.15, 0.2) is 0 Å². The lowest BCUT2D eigenvalue weighted by atomic mass is 9.50. The van der Waals surface area contributed by atoms with E-state index in [1.165, 1.54) is 13.8 Å². The van der Waals surface area contributed by atoms with Gasteiger partial charge in [0, 0.05) is 19.3 Å². The second-order valence-corrected chi connectivity index (χ2v) is 8.76. The Morgan fingerprint density at radius 1 is 1.27 bits per heavy atom. The summed E-state index contributed by atoms with van der Waals surface area (Å²) >= 11 is 0. The molecule has 1 N–H and O–H groups in total. The average Bonchev–Trinajstić information content (AvgIpc) is 3.34. The first-order chi connectivity index (χ1) is 12.2. The highest BCUT2D eigenvalue weighted by molar-refractivity contribution is 5.67. The molecule has 1 spiro atoms. The molecule has 4 fully saturated rings. The molecule has 8 atom stereocenters. The van der Waals surface area contributed by atoms with Gasteiger partial charge in [-0.15, -0.1) is 0 Å². The minimum absolute atomic E-state index is 0.175. The molecule has 4 aliphatic rings. The molecule has 2 aliphatic carbocycles. The maximum absolute atomic E-state index is 11.8. The van der Waals surface area contributed by atoms with Crippen LogP contribution in [0.5, 0.6) is 0 Å². The lowest BCUT2D eigenvalue weighted by molar-refractivity contribution is -0.257. The molecule has 26 heavy (non-hydrogen) atoms. The molecule has 0 aromatic rings. The third-order valence-electron chi connectivity index (χ3n) is 7.47. The normalized spacial score (nSPS) is 51.7. The molecule has 0 aromatic carbocycles. The van der Waals surface area contributed by atoms with Gasteiger partial charge in [0.05, 0.1) is 18.1 Å². The summed E-state index contributed by atoms with van der Waals surface area (Å²) in [5.41, 5.74) is -1.94. The lowest BCUT2D eigenvalue weighted by Gasteiger charge is -2.59. The highest BCUT2D eigenvalue weighted by Gasteiger charge is 2.86. The third-order valence-corrected chi connectivity index (χ3v) is 7.47. The minimum Gasteiger partial charge on any atom is -0.465 e. The van der Waals surface area contributed by atoms with Crippen molar-refractivity contribution in [3.63, 3.8) is 0 Å². The molecule has 2 bridgehead atoms. The van der Waals surface area contributed by atoms with Crippen molar-refractivity contribution in [3.05, 3.63) is 0 Å². The summed E-state index contributed by atoms with van der Waals surface area (Å²) in [5, 5.41) is 11.0. The Labute approximate surface area is 153 Å². The summed E-state index contributed by atoms with van der Waals surface area (Å²) in [7, 11) is 0. The van der Waals surface area contributed by atoms with Gasteiger partial charge in [-0.1, -0.05) is 13.8 Å². The zero-order valence-corrected chi connectivity index (χ0v) is 15.8. The van der Waals surface area contributed by atoms with Gasteiger partial charge in [0.2, 0.25) is 0 Å². The van der Waals surface area contributed by atoms with Crippen molar-refractivity contribution in [2.45, 2.75) is 77.0 Å². The van der Waals surface area contributed by atoms with Crippen LogP contribution in [0.25, 0.3) is 0 Å². The fourth-order valence-electron chi connectivity index (χ4n) is 5.99. The average molecular weight is 368 g/mol. The van der Waals surface area contributed by atoms with Crippen molar-refractivity contribution in [1.29, 1.82) is 0 Å². The van der Waals surface area contributed by atoms with Crippen molar-refractivity contribution in [2.24, 2.45) is 16.7 Å². The first kappa shape index (κ1) is 18.2. The van der Waals surface area contributed by atoms with Crippen molar-refractivity contribution in [2.75, 3.05) is 13.2 Å². The fourth-order valence-corrected chi connectivity index (χ4v) is 5.99. The number of rotatable bonds is 3. The Morgan fingerprint density at radius 3 is 2.54 bits per heavy atom. The Kier molecular flexibility index (Phi) is 3.96. The maximum atomic E-state index is 11.8. The standard InChI is InChI=1S/C19H28O7/c1-10-5-6-18(8-23-11(2)20)13(7-10)26-16-14(22)15(25-12(3)21)17(18,4)19(16)9-24-19/h10,13-16,22H,5-9H2,1-4H3/t10?,13?,14-,15-,16-,17-,18?,19+/m0/s1. The van der Waals surface area contributed by atoms with Crippen molar-refractivity contribution < 1.29 is 33.6 Å². The van der Waals surface area contributed by atoms with E-state index in [-0.39, 0.29) is 18.7 Å². The van der Waals surface area contributed by atoms with E-state index in [1.807, 2.05) is 6.92 Å². The van der Waals surface area contributed by atoms with Gasteiger partial charge in [-0.3, -0.25) is 9.59 Å². The molecule has 4 rings (SSSR count). The highest BCUT2D eigenvalue weighted by Crippen LogP contribution is 2.72. The molecule has 146 valence electrons. The molecule has 2 heterocycles. The number of fused-ring (bicyclic) bond motifs is 2. The molecule has 0 radical (unpaired) electrons. The topological polar surface area (TPSA) is 94.6 Å². The van der Waals surface area contributed by atoms with E-state index < -0.39 is 40.7 Å². The lowest BCUT2D eigenvalue weighted by Crippen LogP contribution is -2.67. The van der Waals surface area contributed by atoms with Gasteiger partial charge in [0.1, 0.15) is 30.5 Å². The molecule has 3 unspecified atom stereocenters. The number of hydrogen-bond acceptors (Lipinski definition) is 7. The predicted molar refractivity (Wildman–Crippen MR) is 89.1 cm³/mol. The number of esters is 2. The Morgan fingerprint density at radius 2 is 1.96 bits per heavy atom. The van der Waals surface area contributed by atoms with Crippen LogP contribution in [0, 0.1) is 16.7 Å². The monoisotopic (exact) mass is 368 g/mol. The summed E-state index contributed by atoms with van der Waals surface area (Å²) in [5.74, 6) is -0.315. The Balaban J connectivity index is 1.82. The number of epoxide rings is 1. The summed E-state index contributed by atoms with van der Waals surface area (Å²) in [6.45, 7) is 7.57. The van der Waals surface area contributed by atoms with E-state index in [0.29, 0.717) is 12.5 Å². The van der Waals surface area contributed by atoms with Crippen LogP contribution in [-0.2, 0) is 28.5 Å². The molecular formula is C19H28O7. The van der Waals surface area contributed by atoms with E-state index >= 15 is 0 Å². The van der Waals surface area contributed by atoms with Gasteiger partial charge in [-0.25, -0.2) is 0 Å². The number of aliphatic hydroxyl groups is 1. The quantitative estimate of drug-likeness (QED) is 0.591. The molecule has 7 nitrogen and oxygen atoms in total. The van der Waals surface area contributed by atoms with Crippen molar-refractivity contribution >= 4 is 11.9 Å². The van der Waals surface area contributed by atoms with Crippen LogP contribution in [0.4, 0.5) is 0 Å². The largest absolute Gasteiger partial charge is 0.465 e. The first-order valence-electron chi connectivity index (χ1n) is 9.46. The number of ether oxygens (including phenoxy) is 4. The zero-order chi connectivity index (χ0) is 18.9. The first-order valence-corrected chi connectivity index (χ1v) is 9.46. The number of aliphatic hydroxyl groups excluding tert-OH is 1. The Bertz CT molecular complexity index is 629. The van der Waals surface area contributed by atoms with Gasteiger partial charge >= 0.3 is 11.9 Å². The second-order valence-electron chi connectivity index (χ2n) is 8.76. The SMILES string of the molecule is CC(=O)OCC12CCC(C)CC1O[C@H]1[C@@H](O)[C@H](OC(C)=O)[C@]2(C)[C@@]12CO2. The maximum Gasteiger partial charge on any atom is 0.303 e. The van der Waals surface area contributed by atoms with Crippen LogP contribution in [0.2, 0.25) is 0 Å². The molecule has 2 saturated heterocycles. The van der Waals surface area contributed by atoms with Crippen LogP contribution >= 0.6 is 0 Å². The number of carbonyl (C=O) groups is 2. The molecule has 2 saturated carbocycles. The van der Waals surface area contributed by atoms with Crippen LogP contribution in [-0.4, -0.2) is 60.3 Å². The molecule has 7 heteroatoms. The summed E-state index contributed by atoms with van der Waals surface area (Å²) in [4.78, 5) is 23.4. The summed E-state index contributed by atoms with van der Waals surface area (Å²) in [6.07, 6.45) is 0.139. The van der Waals surface area contributed by atoms with Crippen molar-refractivity contribution in [3.8, 4) is 0 Å². The molecular weight excluding hydrogens is 340 g/mol. The van der Waals surface area contributed by atoms with Crippen molar-refractivity contribution in [1.82, 2.24) is 0 Å². The molecule has 0 amide bonds. The highest BCUT2D eigenvalue weighted by atomic mass is 16.7. The van der Waals surface area contributed by atoms with Gasteiger partial charge < -0.3 is 24.1 Å². The van der Waals surface area contributed by atoms with Crippen LogP contribution < -0.4 is 0 Å². The summed E-state index contributed by atoms with van der Waals surface area (Å²) < 4.78 is 23.4. The zero-order valence-electron chi connectivity index (χ0n) is 15.8. The van der Waals surface area contributed by atoms with E-state index in [2.05, 4.69) is 6.92 Å². The van der Waals surface area contributed by atoms with E-state index in [0.717, 1.165) is 19.3 Å². The fraction of sp³-hybridized carbons (Fsp3) is 0.895. The van der Waals surface area contributed by atoms with Crippen LogP contribution in [0.3, 0.4) is 0 Å². The van der Waals surface area contributed by atoms with Gasteiger partial charge in [-0.2, -0.15) is 0 Å². The number of carbonyl (C=O) groups excluding carboxylic acids is 2. The van der Waals surface area contributed by atoms with Gasteiger partial charge in [-0.05, 0) is 25.2 Å². The van der Waals surface area contributed by atoms with E-state index in [9.17, 15) is 14.7 Å². The smallest absolute Gasteiger partial charge is 0.303 e. The van der Waals surface area contributed by atoms with E-state index in [1.54, 1.807) is 0 Å². The molecule has 2 aliphatic heterocycles. The predicted octanol–water partition coefficient (Wildman–Crippen LogP) is 1.20. The second kappa shape index (κ2) is 5.66. The van der Waals surface area contributed by atoms with Gasteiger partial charge in [0.15, 0.2) is 0 Å². The van der Waals surface area contributed by atoms with Gasteiger partial charge in [0.25, 0.3) is 0 Å².